The van der Waals surface area contributed by atoms with Gasteiger partial charge in [0.15, 0.2) is 5.11 Å². The first-order chi connectivity index (χ1) is 16.3. The van der Waals surface area contributed by atoms with Crippen molar-refractivity contribution in [3.8, 4) is 11.3 Å². The molecule has 7 nitrogen and oxygen atoms in total. The van der Waals surface area contributed by atoms with Crippen molar-refractivity contribution in [2.45, 2.75) is 13.3 Å². The Morgan fingerprint density at radius 2 is 1.82 bits per heavy atom. The van der Waals surface area contributed by atoms with Crippen molar-refractivity contribution in [2.75, 3.05) is 11.4 Å². The smallest absolute Gasteiger partial charge is 0.335 e. The second-order valence-corrected chi connectivity index (χ2v) is 8.25. The number of aromatic carboxylic acids is 1. The van der Waals surface area contributed by atoms with Crippen LogP contribution in [0.1, 0.15) is 29.5 Å². The molecule has 0 bridgehead atoms. The fourth-order valence-electron chi connectivity index (χ4n) is 3.57. The van der Waals surface area contributed by atoms with Crippen LogP contribution in [0.5, 0.6) is 0 Å². The van der Waals surface area contributed by atoms with E-state index in [1.54, 1.807) is 36.4 Å². The average molecular weight is 495 g/mol. The minimum absolute atomic E-state index is 0.0514. The number of para-hydroxylation sites is 1. The van der Waals surface area contributed by atoms with Crippen LogP contribution in [0.3, 0.4) is 0 Å². The van der Waals surface area contributed by atoms with Gasteiger partial charge in [0.1, 0.15) is 17.1 Å². The van der Waals surface area contributed by atoms with E-state index in [9.17, 15) is 19.5 Å². The Morgan fingerprint density at radius 3 is 2.50 bits per heavy atom. The lowest BCUT2D eigenvalue weighted by Gasteiger charge is -2.36. The van der Waals surface area contributed by atoms with E-state index < -0.39 is 17.8 Å². The lowest BCUT2D eigenvalue weighted by molar-refractivity contribution is -0.127. The van der Waals surface area contributed by atoms with Crippen LogP contribution in [0.4, 0.5) is 5.69 Å². The molecule has 1 fully saturated rings. The summed E-state index contributed by atoms with van der Waals surface area (Å²) in [6, 6.07) is 16.3. The molecule has 0 aliphatic carbocycles. The second-order valence-electron chi connectivity index (χ2n) is 7.48. The summed E-state index contributed by atoms with van der Waals surface area (Å²) in [4.78, 5) is 40.5. The number of hydrogen-bond acceptors (Lipinski definition) is 5. The Bertz CT molecular complexity index is 1330. The van der Waals surface area contributed by atoms with E-state index in [0.717, 1.165) is 0 Å². The molecule has 0 unspecified atom stereocenters. The zero-order chi connectivity index (χ0) is 24.4. The predicted octanol–water partition coefficient (Wildman–Crippen LogP) is 5.25. The minimum Gasteiger partial charge on any atom is -0.478 e. The van der Waals surface area contributed by atoms with Gasteiger partial charge >= 0.3 is 5.97 Å². The Kier molecular flexibility index (Phi) is 6.63. The molecule has 1 aromatic heterocycles. The molecule has 0 saturated carbocycles. The molecular formula is C25H19ClN2O5S. The van der Waals surface area contributed by atoms with Crippen LogP contribution < -0.4 is 4.90 Å². The van der Waals surface area contributed by atoms with Crippen LogP contribution in [-0.4, -0.2) is 39.4 Å². The molecule has 0 atom stereocenters. The molecule has 0 spiro atoms. The van der Waals surface area contributed by atoms with Gasteiger partial charge in [-0.05, 0) is 67.2 Å². The fraction of sp³-hybridized carbons (Fsp3) is 0.120. The molecule has 2 amide bonds. The molecule has 9 heteroatoms. The van der Waals surface area contributed by atoms with Gasteiger partial charge in [0.25, 0.3) is 11.8 Å². The van der Waals surface area contributed by atoms with Crippen LogP contribution in [0, 0.1) is 0 Å². The molecule has 1 saturated heterocycles. The lowest BCUT2D eigenvalue weighted by atomic mass is 10.1. The standard InChI is InChI=1S/C25H19ClN2O5S/c1-2-12-27-22(29)19(23(30)28(25(27)34)16-6-4-3-5-7-16)14-17-9-11-21(33-17)18-13-15(24(31)32)8-10-20(18)26/h3-11,13-14H,2,12H2,1H3,(H,31,32)/b19-14+. The summed E-state index contributed by atoms with van der Waals surface area (Å²) in [5.74, 6) is -1.62. The van der Waals surface area contributed by atoms with Crippen LogP contribution in [0.25, 0.3) is 17.4 Å². The molecule has 1 aliphatic rings. The molecule has 1 aliphatic heterocycles. The van der Waals surface area contributed by atoms with Gasteiger partial charge in [0.2, 0.25) is 0 Å². The molecule has 0 radical (unpaired) electrons. The number of benzene rings is 2. The molecule has 3 aromatic rings. The van der Waals surface area contributed by atoms with Gasteiger partial charge < -0.3 is 9.52 Å². The quantitative estimate of drug-likeness (QED) is 0.286. The number of anilines is 1. The first kappa shape index (κ1) is 23.4. The zero-order valence-electron chi connectivity index (χ0n) is 18.0. The third-order valence-corrected chi connectivity index (χ3v) is 5.92. The average Bonchev–Trinajstić information content (AvgIpc) is 3.29. The van der Waals surface area contributed by atoms with Gasteiger partial charge in [-0.15, -0.1) is 0 Å². The normalized spacial score (nSPS) is 15.4. The number of carbonyl (C=O) groups is 3. The molecule has 1 N–H and O–H groups in total. The topological polar surface area (TPSA) is 91.1 Å². The van der Waals surface area contributed by atoms with Gasteiger partial charge in [0, 0.05) is 12.1 Å². The summed E-state index contributed by atoms with van der Waals surface area (Å²) in [5, 5.41) is 9.68. The van der Waals surface area contributed by atoms with Crippen LogP contribution in [-0.2, 0) is 9.59 Å². The summed E-state index contributed by atoms with van der Waals surface area (Å²) < 4.78 is 5.82. The highest BCUT2D eigenvalue weighted by molar-refractivity contribution is 7.80. The van der Waals surface area contributed by atoms with E-state index in [1.807, 2.05) is 13.0 Å². The van der Waals surface area contributed by atoms with Crippen molar-refractivity contribution in [3.63, 3.8) is 0 Å². The summed E-state index contributed by atoms with van der Waals surface area (Å²) in [6.07, 6.45) is 2.02. The highest BCUT2D eigenvalue weighted by atomic mass is 35.5. The number of carbonyl (C=O) groups excluding carboxylic acids is 2. The SMILES string of the molecule is CCCN1C(=O)/C(=C\c2ccc(-c3cc(C(=O)O)ccc3Cl)o2)C(=O)N(c2ccccc2)C1=S. The summed E-state index contributed by atoms with van der Waals surface area (Å²) in [7, 11) is 0. The Balaban J connectivity index is 1.75. The van der Waals surface area contributed by atoms with Crippen molar-refractivity contribution >= 4 is 58.5 Å². The largest absolute Gasteiger partial charge is 0.478 e. The minimum atomic E-state index is -1.10. The first-order valence-corrected chi connectivity index (χ1v) is 11.2. The number of thiocarbonyl (C=S) groups is 1. The Morgan fingerprint density at radius 1 is 1.09 bits per heavy atom. The Labute approximate surface area is 205 Å². The third kappa shape index (κ3) is 4.37. The monoisotopic (exact) mass is 494 g/mol. The zero-order valence-corrected chi connectivity index (χ0v) is 19.6. The second kappa shape index (κ2) is 9.62. The summed E-state index contributed by atoms with van der Waals surface area (Å²) >= 11 is 11.7. The fourth-order valence-corrected chi connectivity index (χ4v) is 4.14. The van der Waals surface area contributed by atoms with Crippen molar-refractivity contribution in [1.82, 2.24) is 4.90 Å². The van der Waals surface area contributed by atoms with E-state index in [2.05, 4.69) is 0 Å². The van der Waals surface area contributed by atoms with E-state index >= 15 is 0 Å². The van der Waals surface area contributed by atoms with E-state index in [0.29, 0.717) is 35.0 Å². The van der Waals surface area contributed by atoms with Crippen molar-refractivity contribution in [3.05, 3.63) is 82.6 Å². The molecular weight excluding hydrogens is 476 g/mol. The maximum Gasteiger partial charge on any atom is 0.335 e. The van der Waals surface area contributed by atoms with E-state index in [-0.39, 0.29) is 22.0 Å². The van der Waals surface area contributed by atoms with Gasteiger partial charge in [-0.25, -0.2) is 4.79 Å². The predicted molar refractivity (Wildman–Crippen MR) is 133 cm³/mol. The Hall–Kier alpha value is -3.75. The molecule has 4 rings (SSSR count). The number of amides is 2. The van der Waals surface area contributed by atoms with Gasteiger partial charge in [-0.1, -0.05) is 36.7 Å². The maximum absolute atomic E-state index is 13.3. The van der Waals surface area contributed by atoms with Gasteiger partial charge in [0.05, 0.1) is 16.3 Å². The molecule has 2 heterocycles. The van der Waals surface area contributed by atoms with Crippen molar-refractivity contribution < 1.29 is 23.9 Å². The van der Waals surface area contributed by atoms with Crippen molar-refractivity contribution in [2.24, 2.45) is 0 Å². The van der Waals surface area contributed by atoms with Crippen LogP contribution >= 0.6 is 23.8 Å². The number of carboxylic acid groups (broad SMARTS) is 1. The number of nitrogens with zero attached hydrogens (tertiary/aromatic N) is 2. The van der Waals surface area contributed by atoms with Crippen molar-refractivity contribution in [1.29, 1.82) is 0 Å². The van der Waals surface area contributed by atoms with Gasteiger partial charge in [-0.3, -0.25) is 19.4 Å². The summed E-state index contributed by atoms with van der Waals surface area (Å²) in [6.45, 7) is 2.27. The highest BCUT2D eigenvalue weighted by Gasteiger charge is 2.40. The molecule has 172 valence electrons. The lowest BCUT2D eigenvalue weighted by Crippen LogP contribution is -2.56. The molecule has 2 aromatic carbocycles. The highest BCUT2D eigenvalue weighted by Crippen LogP contribution is 2.32. The molecule has 34 heavy (non-hydrogen) atoms. The van der Waals surface area contributed by atoms with Gasteiger partial charge in [-0.2, -0.15) is 0 Å². The maximum atomic E-state index is 13.3. The van der Waals surface area contributed by atoms with E-state index in [1.165, 1.54) is 34.1 Å². The van der Waals surface area contributed by atoms with E-state index in [4.69, 9.17) is 28.2 Å². The number of halogens is 1. The third-order valence-electron chi connectivity index (χ3n) is 5.19. The number of carboxylic acids is 1. The number of hydrogen-bond donors (Lipinski definition) is 1. The number of rotatable bonds is 6. The summed E-state index contributed by atoms with van der Waals surface area (Å²) in [5.41, 5.74) is 0.884. The van der Waals surface area contributed by atoms with Crippen LogP contribution in [0.15, 0.2) is 70.7 Å². The number of furan rings is 1. The first-order valence-electron chi connectivity index (χ1n) is 10.4. The van der Waals surface area contributed by atoms with Crippen LogP contribution in [0.2, 0.25) is 5.02 Å².